The van der Waals surface area contributed by atoms with Crippen LogP contribution >= 0.6 is 0 Å². The van der Waals surface area contributed by atoms with Crippen molar-refractivity contribution in [2.24, 2.45) is 0 Å². The van der Waals surface area contributed by atoms with Crippen LogP contribution in [0.4, 0.5) is 0 Å². The van der Waals surface area contributed by atoms with Crippen molar-refractivity contribution in [1.82, 2.24) is 9.97 Å². The summed E-state index contributed by atoms with van der Waals surface area (Å²) in [6.07, 6.45) is 1.89. The third kappa shape index (κ3) is 0.603. The van der Waals surface area contributed by atoms with Gasteiger partial charge in [-0.05, 0) is 6.07 Å². The summed E-state index contributed by atoms with van der Waals surface area (Å²) < 4.78 is 4.98. The number of aromatic nitrogens is 2. The van der Waals surface area contributed by atoms with E-state index >= 15 is 0 Å². The molecule has 2 rings (SSSR count). The highest BCUT2D eigenvalue weighted by Gasteiger charge is 1.98. The van der Waals surface area contributed by atoms with Crippen molar-refractivity contribution in [3.05, 3.63) is 18.3 Å². The molecule has 52 valence electrons. The van der Waals surface area contributed by atoms with Crippen LogP contribution in [-0.4, -0.2) is 17.1 Å². The Morgan fingerprint density at radius 2 is 2.30 bits per heavy atom. The Hall–Kier alpha value is -1.38. The van der Waals surface area contributed by atoms with Gasteiger partial charge in [0.05, 0.1) is 18.1 Å². The van der Waals surface area contributed by atoms with Gasteiger partial charge in [0, 0.05) is 12.3 Å². The molecule has 3 heteroatoms. The molecule has 0 aliphatic heterocycles. The van der Waals surface area contributed by atoms with Crippen LogP contribution in [0.25, 0.3) is 11.0 Å². The molecular formula is C7H8N2O. The van der Waals surface area contributed by atoms with E-state index in [0.717, 1.165) is 16.9 Å². The van der Waals surface area contributed by atoms with Crippen LogP contribution < -0.4 is 4.74 Å². The second-order valence-electron chi connectivity index (χ2n) is 2.14. The highest BCUT2D eigenvalue weighted by atomic mass is 16.5. The van der Waals surface area contributed by atoms with Crippen LogP contribution in [0.5, 0.6) is 5.88 Å². The van der Waals surface area contributed by atoms with Gasteiger partial charge in [-0.2, -0.15) is 0 Å². The zero-order valence-corrected chi connectivity index (χ0v) is 5.64. The van der Waals surface area contributed by atoms with E-state index in [1.165, 1.54) is 0 Å². The highest BCUT2D eigenvalue weighted by Crippen LogP contribution is 2.17. The van der Waals surface area contributed by atoms with Gasteiger partial charge in [-0.15, -0.1) is 0 Å². The lowest BCUT2D eigenvalue weighted by atomic mass is 10.5. The van der Waals surface area contributed by atoms with Gasteiger partial charge in [0.2, 0.25) is 0 Å². The molecule has 2 aromatic rings. The third-order valence-electron chi connectivity index (χ3n) is 1.53. The molecule has 0 aliphatic rings. The first-order chi connectivity index (χ1) is 4.90. The second-order valence-corrected chi connectivity index (χ2v) is 2.14. The summed E-state index contributed by atoms with van der Waals surface area (Å²) in [5.74, 6) is 0.793. The number of ether oxygens (including phenoxy) is 1. The zero-order valence-electron chi connectivity index (χ0n) is 5.64. The van der Waals surface area contributed by atoms with E-state index in [-0.39, 0.29) is 0 Å². The molecule has 2 aromatic heterocycles. The van der Waals surface area contributed by atoms with Gasteiger partial charge in [-0.1, -0.05) is 0 Å². The second kappa shape index (κ2) is 1.80. The molecule has 0 unspecified atom stereocenters. The quantitative estimate of drug-likeness (QED) is 0.612. The van der Waals surface area contributed by atoms with Crippen molar-refractivity contribution in [2.75, 3.05) is 7.11 Å². The van der Waals surface area contributed by atoms with Crippen molar-refractivity contribution in [3.8, 4) is 5.88 Å². The third-order valence-corrected chi connectivity index (χ3v) is 1.53. The first kappa shape index (κ1) is 5.41. The zero-order chi connectivity index (χ0) is 6.97. The van der Waals surface area contributed by atoms with Gasteiger partial charge in [-0.25, -0.2) is 0 Å². The molecule has 2 N–H and O–H groups in total. The van der Waals surface area contributed by atoms with E-state index < -0.39 is 0 Å². The van der Waals surface area contributed by atoms with E-state index in [9.17, 15) is 0 Å². The maximum atomic E-state index is 4.98. The van der Waals surface area contributed by atoms with E-state index in [4.69, 9.17) is 4.74 Å². The summed E-state index contributed by atoms with van der Waals surface area (Å²) in [6, 6.07) is 3.90. The highest BCUT2D eigenvalue weighted by molar-refractivity contribution is 5.77. The van der Waals surface area contributed by atoms with E-state index in [2.05, 4.69) is 9.97 Å². The normalized spacial score (nSPS) is 10.5. The minimum Gasteiger partial charge on any atom is -0.482 e. The number of hydrogen-bond donors (Lipinski definition) is 2. The van der Waals surface area contributed by atoms with Crippen molar-refractivity contribution in [3.63, 3.8) is 0 Å². The molecule has 0 fully saturated rings. The van der Waals surface area contributed by atoms with E-state index in [1.807, 2.05) is 18.3 Å². The van der Waals surface area contributed by atoms with Gasteiger partial charge in [0.25, 0.3) is 0 Å². The van der Waals surface area contributed by atoms with Crippen molar-refractivity contribution in [2.45, 2.75) is 0 Å². The summed E-state index contributed by atoms with van der Waals surface area (Å²) in [5.41, 5.74) is 2.16. The summed E-state index contributed by atoms with van der Waals surface area (Å²) in [6.45, 7) is 0. The lowest BCUT2D eigenvalue weighted by molar-refractivity contribution is 0.401. The molecule has 0 atom stereocenters. The first-order valence-corrected chi connectivity index (χ1v) is 3.10. The Kier molecular flexibility index (Phi) is 0.974. The molecule has 0 radical (unpaired) electrons. The Balaban J connectivity index is 2.67. The lowest BCUT2D eigenvalue weighted by Gasteiger charge is -1.88. The summed E-state index contributed by atoms with van der Waals surface area (Å²) in [7, 11) is 1.64. The molecule has 3 nitrogen and oxygen atoms in total. The topological polar surface area (TPSA) is 40.8 Å². The Morgan fingerprint density at radius 3 is 3.00 bits per heavy atom. The summed E-state index contributed by atoms with van der Waals surface area (Å²) in [4.78, 5) is 6.13. The van der Waals surface area contributed by atoms with Crippen molar-refractivity contribution in [1.29, 1.82) is 0 Å². The van der Waals surface area contributed by atoms with E-state index in [0.29, 0.717) is 0 Å². The van der Waals surface area contributed by atoms with Gasteiger partial charge >= 0.3 is 0 Å². The average molecular weight is 136 g/mol. The number of methoxy groups -OCH3 is 1. The number of hydrogen-bond acceptors (Lipinski definition) is 1. The molecule has 10 heavy (non-hydrogen) atoms. The van der Waals surface area contributed by atoms with Crippen molar-refractivity contribution >= 4 is 11.0 Å². The van der Waals surface area contributed by atoms with Crippen LogP contribution in [0.15, 0.2) is 18.3 Å². The fourth-order valence-corrected chi connectivity index (χ4v) is 1.02. The van der Waals surface area contributed by atoms with Gasteiger partial charge in [0.15, 0.2) is 5.88 Å². The fourth-order valence-electron chi connectivity index (χ4n) is 1.02. The molecule has 0 saturated heterocycles. The molecule has 0 aliphatic carbocycles. The molecule has 0 spiro atoms. The average Bonchev–Trinajstić information content (AvgIpc) is 2.42. The molecule has 0 saturated carbocycles. The van der Waals surface area contributed by atoms with Crippen LogP contribution in [0.2, 0.25) is 0 Å². The largest absolute Gasteiger partial charge is 0.482 e. The molecule has 0 bridgehead atoms. The molecule has 0 aromatic carbocycles. The number of nitrogens with one attached hydrogen (secondary N) is 2. The van der Waals surface area contributed by atoms with Crippen LogP contribution in [0.1, 0.15) is 0 Å². The number of rotatable bonds is 1. The Morgan fingerprint density at radius 1 is 1.40 bits per heavy atom. The monoisotopic (exact) mass is 136 g/mol. The number of H-pyrrole nitrogens is 2. The van der Waals surface area contributed by atoms with Crippen molar-refractivity contribution < 1.29 is 4.74 Å². The predicted molar refractivity (Wildman–Crippen MR) is 39.2 cm³/mol. The fraction of sp³-hybridized carbons (Fsp3) is 0.143. The molecular weight excluding hydrogens is 128 g/mol. The van der Waals surface area contributed by atoms with Crippen LogP contribution in [0.3, 0.4) is 0 Å². The SMILES string of the molecule is COc1cc2[nH]ccc2[nH]1. The lowest BCUT2D eigenvalue weighted by Crippen LogP contribution is -1.79. The first-order valence-electron chi connectivity index (χ1n) is 3.10. The molecule has 2 heterocycles. The minimum atomic E-state index is 0.793. The van der Waals surface area contributed by atoms with Crippen LogP contribution in [-0.2, 0) is 0 Å². The maximum Gasteiger partial charge on any atom is 0.193 e. The smallest absolute Gasteiger partial charge is 0.193 e. The Labute approximate surface area is 58.0 Å². The maximum absolute atomic E-state index is 4.98. The molecule has 0 amide bonds. The number of aromatic amines is 2. The van der Waals surface area contributed by atoms with Gasteiger partial charge < -0.3 is 14.7 Å². The van der Waals surface area contributed by atoms with Gasteiger partial charge in [-0.3, -0.25) is 0 Å². The minimum absolute atomic E-state index is 0.793. The summed E-state index contributed by atoms with van der Waals surface area (Å²) >= 11 is 0. The number of fused-ring (bicyclic) bond motifs is 1. The predicted octanol–water partition coefficient (Wildman–Crippen LogP) is 1.50. The van der Waals surface area contributed by atoms with Crippen LogP contribution in [0, 0.1) is 0 Å². The summed E-state index contributed by atoms with van der Waals surface area (Å²) in [5, 5.41) is 0. The Bertz CT molecular complexity index is 305. The van der Waals surface area contributed by atoms with E-state index in [1.54, 1.807) is 7.11 Å². The standard InChI is InChI=1S/C7H8N2O/c1-10-7-4-6-5(9-7)2-3-8-6/h2-4,8-9H,1H3. The van der Waals surface area contributed by atoms with Gasteiger partial charge in [0.1, 0.15) is 0 Å².